The maximum Gasteiger partial charge on any atom is 0.0190 e. The van der Waals surface area contributed by atoms with E-state index in [1.54, 1.807) is 0 Å². The van der Waals surface area contributed by atoms with E-state index in [0.717, 1.165) is 5.03 Å². The minimum Gasteiger partial charge on any atom is -0.0891 e. The molecule has 0 unspecified atom stereocenters. The van der Waals surface area contributed by atoms with Crippen LogP contribution in [-0.4, -0.2) is 0 Å². The number of hydrogen-bond donors (Lipinski definition) is 0. The molecule has 4 aliphatic carbocycles. The Bertz CT molecular complexity index is 498. The summed E-state index contributed by atoms with van der Waals surface area (Å²) in [6.07, 6.45) is 6.96. The summed E-state index contributed by atoms with van der Waals surface area (Å²) in [6, 6.07) is 8.81. The summed E-state index contributed by atoms with van der Waals surface area (Å²) in [5, 5.41) is 1.08. The molecule has 0 N–H and O–H groups in total. The Morgan fingerprint density at radius 1 is 0.933 bits per heavy atom. The highest BCUT2D eigenvalue weighted by Gasteiger charge is 2.48. The van der Waals surface area contributed by atoms with Crippen molar-refractivity contribution in [3.05, 3.63) is 58.7 Å². The summed E-state index contributed by atoms with van der Waals surface area (Å²) in [5.41, 5.74) is 3.02. The molecule has 0 amide bonds. The summed E-state index contributed by atoms with van der Waals surface area (Å²) >= 11 is 6.21. The first kappa shape index (κ1) is 8.18. The smallest absolute Gasteiger partial charge is 0.0190 e. The van der Waals surface area contributed by atoms with Crippen molar-refractivity contribution in [1.82, 2.24) is 0 Å². The Balaban J connectivity index is 1.96. The Hall–Kier alpha value is -1.01. The first-order valence-electron chi connectivity index (χ1n) is 5.50. The van der Waals surface area contributed by atoms with Gasteiger partial charge in [-0.15, -0.1) is 0 Å². The van der Waals surface area contributed by atoms with Gasteiger partial charge in [-0.3, -0.25) is 0 Å². The minimum absolute atomic E-state index is 0.536. The van der Waals surface area contributed by atoms with Crippen molar-refractivity contribution in [1.29, 1.82) is 0 Å². The molecule has 0 spiro atoms. The van der Waals surface area contributed by atoms with Crippen LogP contribution in [0.5, 0.6) is 0 Å². The molecule has 0 fully saturated rings. The van der Waals surface area contributed by atoms with E-state index in [2.05, 4.69) is 42.5 Å². The molecular formula is C14H11Cl. The molecule has 0 nitrogen and oxygen atoms in total. The lowest BCUT2D eigenvalue weighted by atomic mass is 9.55. The first-order valence-corrected chi connectivity index (χ1v) is 5.88. The van der Waals surface area contributed by atoms with Crippen molar-refractivity contribution in [3.63, 3.8) is 0 Å². The average molecular weight is 215 g/mol. The lowest BCUT2D eigenvalue weighted by molar-refractivity contribution is 0.309. The summed E-state index contributed by atoms with van der Waals surface area (Å²) in [7, 11) is 0. The quantitative estimate of drug-likeness (QED) is 0.577. The van der Waals surface area contributed by atoms with Gasteiger partial charge >= 0.3 is 0 Å². The van der Waals surface area contributed by atoms with Gasteiger partial charge in [-0.2, -0.15) is 0 Å². The monoisotopic (exact) mass is 214 g/mol. The fourth-order valence-corrected chi connectivity index (χ4v) is 3.84. The van der Waals surface area contributed by atoms with E-state index in [9.17, 15) is 0 Å². The molecule has 15 heavy (non-hydrogen) atoms. The van der Waals surface area contributed by atoms with Gasteiger partial charge < -0.3 is 0 Å². The van der Waals surface area contributed by atoms with Crippen LogP contribution in [0.3, 0.4) is 0 Å². The molecule has 0 heterocycles. The van der Waals surface area contributed by atoms with Crippen LogP contribution in [0.1, 0.15) is 23.0 Å². The second-order valence-corrected chi connectivity index (χ2v) is 5.16. The molecule has 0 saturated heterocycles. The van der Waals surface area contributed by atoms with Gasteiger partial charge in [0.1, 0.15) is 0 Å². The zero-order valence-electron chi connectivity index (χ0n) is 8.23. The highest BCUT2D eigenvalue weighted by molar-refractivity contribution is 6.30. The fourth-order valence-electron chi connectivity index (χ4n) is 3.42. The molecule has 1 aromatic carbocycles. The molecule has 0 radical (unpaired) electrons. The minimum atomic E-state index is 0.536. The van der Waals surface area contributed by atoms with Gasteiger partial charge in [0.2, 0.25) is 0 Å². The topological polar surface area (TPSA) is 0 Å². The van der Waals surface area contributed by atoms with Gasteiger partial charge in [0.25, 0.3) is 0 Å². The summed E-state index contributed by atoms with van der Waals surface area (Å²) < 4.78 is 0. The Labute approximate surface area is 94.3 Å². The summed E-state index contributed by atoms with van der Waals surface area (Å²) in [5.74, 6) is 2.37. The molecule has 0 aliphatic heterocycles. The predicted octanol–water partition coefficient (Wildman–Crippen LogP) is 3.81. The van der Waals surface area contributed by atoms with Gasteiger partial charge in [0.05, 0.1) is 0 Å². The molecule has 4 aliphatic rings. The van der Waals surface area contributed by atoms with Crippen molar-refractivity contribution in [3.8, 4) is 0 Å². The van der Waals surface area contributed by atoms with Crippen LogP contribution in [0.25, 0.3) is 0 Å². The van der Waals surface area contributed by atoms with Crippen molar-refractivity contribution in [2.45, 2.75) is 11.8 Å². The van der Waals surface area contributed by atoms with Gasteiger partial charge in [0, 0.05) is 22.8 Å². The second-order valence-electron chi connectivity index (χ2n) is 4.72. The number of rotatable bonds is 0. The first-order chi connectivity index (χ1) is 7.36. The molecule has 0 aromatic heterocycles. The van der Waals surface area contributed by atoms with Crippen molar-refractivity contribution >= 4 is 11.6 Å². The molecular weight excluding hydrogens is 204 g/mol. The van der Waals surface area contributed by atoms with E-state index in [1.165, 1.54) is 11.1 Å². The van der Waals surface area contributed by atoms with Crippen LogP contribution in [0.4, 0.5) is 0 Å². The van der Waals surface area contributed by atoms with Crippen LogP contribution in [-0.2, 0) is 0 Å². The third kappa shape index (κ3) is 0.849. The predicted molar refractivity (Wildman–Crippen MR) is 62.0 cm³/mol. The number of benzene rings is 1. The van der Waals surface area contributed by atoms with Crippen LogP contribution in [0.15, 0.2) is 47.5 Å². The normalized spacial score (nSPS) is 39.1. The van der Waals surface area contributed by atoms with E-state index < -0.39 is 0 Å². The maximum absolute atomic E-state index is 6.21. The van der Waals surface area contributed by atoms with Crippen molar-refractivity contribution in [2.75, 3.05) is 0 Å². The fraction of sp³-hybridized carbons (Fsp3) is 0.286. The molecule has 2 bridgehead atoms. The largest absolute Gasteiger partial charge is 0.0891 e. The zero-order valence-corrected chi connectivity index (χ0v) is 8.98. The lowest BCUT2D eigenvalue weighted by Crippen LogP contribution is -2.39. The van der Waals surface area contributed by atoms with E-state index >= 15 is 0 Å². The average Bonchev–Trinajstić information content (AvgIpc) is 2.27. The third-order valence-corrected chi connectivity index (χ3v) is 4.50. The number of halogens is 1. The Morgan fingerprint density at radius 2 is 1.60 bits per heavy atom. The van der Waals surface area contributed by atoms with E-state index in [-0.39, 0.29) is 0 Å². The molecule has 1 heteroatoms. The third-order valence-electron chi connectivity index (χ3n) is 4.13. The zero-order chi connectivity index (χ0) is 9.99. The molecule has 4 atom stereocenters. The van der Waals surface area contributed by atoms with E-state index in [1.807, 2.05) is 0 Å². The Kier molecular flexibility index (Phi) is 1.40. The highest BCUT2D eigenvalue weighted by Crippen LogP contribution is 2.60. The standard InChI is InChI=1S/C14H11Cl/c15-13-7-12-10-5-6-11(14(12)13)9-4-2-1-3-8(9)10/h1-7,10-12,14H/t10-,11-,12-,14+/m0/s1. The molecule has 1 aromatic rings. The van der Waals surface area contributed by atoms with E-state index in [4.69, 9.17) is 11.6 Å². The molecule has 0 saturated carbocycles. The van der Waals surface area contributed by atoms with Gasteiger partial charge in [0.15, 0.2) is 0 Å². The molecule has 74 valence electrons. The summed E-state index contributed by atoms with van der Waals surface area (Å²) in [4.78, 5) is 0. The van der Waals surface area contributed by atoms with Crippen LogP contribution in [0, 0.1) is 11.8 Å². The van der Waals surface area contributed by atoms with Gasteiger partial charge in [-0.25, -0.2) is 0 Å². The van der Waals surface area contributed by atoms with Crippen LogP contribution < -0.4 is 0 Å². The summed E-state index contributed by atoms with van der Waals surface area (Å²) in [6.45, 7) is 0. The highest BCUT2D eigenvalue weighted by atomic mass is 35.5. The number of hydrogen-bond acceptors (Lipinski definition) is 0. The van der Waals surface area contributed by atoms with Gasteiger partial charge in [-0.1, -0.05) is 54.1 Å². The van der Waals surface area contributed by atoms with Crippen molar-refractivity contribution < 1.29 is 0 Å². The van der Waals surface area contributed by atoms with Gasteiger partial charge in [-0.05, 0) is 17.0 Å². The van der Waals surface area contributed by atoms with Crippen LogP contribution in [0.2, 0.25) is 0 Å². The molecule has 5 rings (SSSR count). The van der Waals surface area contributed by atoms with E-state index in [0.29, 0.717) is 23.7 Å². The lowest BCUT2D eigenvalue weighted by Gasteiger charge is -2.50. The second kappa shape index (κ2) is 2.56. The maximum atomic E-state index is 6.21. The number of allylic oxidation sites excluding steroid dienone is 4. The SMILES string of the molecule is ClC1=C[C@@H]2[C@H]1[C@H]1C=C[C@H]2c2ccccc21. The van der Waals surface area contributed by atoms with Crippen molar-refractivity contribution in [2.24, 2.45) is 11.8 Å². The van der Waals surface area contributed by atoms with Crippen LogP contribution >= 0.6 is 11.6 Å². The Morgan fingerprint density at radius 3 is 2.33 bits per heavy atom.